The van der Waals surface area contributed by atoms with Crippen molar-refractivity contribution in [2.75, 3.05) is 0 Å². The average molecular weight is 586 g/mol. The molecule has 1 aromatic heterocycles. The van der Waals surface area contributed by atoms with Crippen molar-refractivity contribution >= 4 is 43.5 Å². The van der Waals surface area contributed by atoms with Gasteiger partial charge in [0.15, 0.2) is 0 Å². The van der Waals surface area contributed by atoms with E-state index in [9.17, 15) is 6.85 Å². The lowest BCUT2D eigenvalue weighted by Gasteiger charge is -2.18. The number of rotatable bonds is 4. The molecule has 8 aromatic carbocycles. The summed E-state index contributed by atoms with van der Waals surface area (Å²) in [5, 5.41) is 3.40. The summed E-state index contributed by atoms with van der Waals surface area (Å²) in [5.74, 6) is 0. The first-order valence-corrected chi connectivity index (χ1v) is 14.4. The molecule has 0 N–H and O–H groups in total. The number of para-hydroxylation sites is 1. The second-order valence-corrected chi connectivity index (χ2v) is 10.7. The van der Waals surface area contributed by atoms with Crippen LogP contribution in [0.25, 0.3) is 88.0 Å². The molecular formula is C44H28O. The van der Waals surface area contributed by atoms with Crippen LogP contribution in [-0.4, -0.2) is 0 Å². The fraction of sp³-hybridized carbons (Fsp3) is 0. The highest BCUT2D eigenvalue weighted by Gasteiger charge is 2.17. The van der Waals surface area contributed by atoms with E-state index in [1.165, 1.54) is 0 Å². The van der Waals surface area contributed by atoms with Gasteiger partial charge in [0.2, 0.25) is 0 Å². The molecule has 9 aromatic rings. The number of benzene rings is 8. The van der Waals surface area contributed by atoms with Crippen LogP contribution in [0.2, 0.25) is 0 Å². The zero-order chi connectivity index (χ0) is 41.1. The van der Waals surface area contributed by atoms with Gasteiger partial charge in [-0.05, 0) is 90.3 Å². The minimum atomic E-state index is -0.667. The van der Waals surface area contributed by atoms with Gasteiger partial charge in [0, 0.05) is 10.8 Å². The fourth-order valence-corrected chi connectivity index (χ4v) is 6.10. The lowest BCUT2D eigenvalue weighted by atomic mass is 9.85. The van der Waals surface area contributed by atoms with Gasteiger partial charge in [0.25, 0.3) is 0 Å². The maximum absolute atomic E-state index is 9.50. The van der Waals surface area contributed by atoms with Gasteiger partial charge in [-0.15, -0.1) is 0 Å². The van der Waals surface area contributed by atoms with E-state index in [0.29, 0.717) is 49.4 Å². The van der Waals surface area contributed by atoms with Crippen LogP contribution in [0.1, 0.15) is 17.8 Å². The molecule has 45 heavy (non-hydrogen) atoms. The molecule has 0 saturated heterocycles. The molecule has 9 rings (SSSR count). The highest BCUT2D eigenvalue weighted by Crippen LogP contribution is 2.44. The summed E-state index contributed by atoms with van der Waals surface area (Å²) in [7, 11) is 0. The molecule has 0 unspecified atom stereocenters. The Balaban J connectivity index is 1.35. The zero-order valence-electron chi connectivity index (χ0n) is 36.6. The monoisotopic (exact) mass is 585 g/mol. The predicted molar refractivity (Wildman–Crippen MR) is 190 cm³/mol. The van der Waals surface area contributed by atoms with E-state index in [4.69, 9.17) is 15.4 Å². The first kappa shape index (κ1) is 15.7. The molecule has 210 valence electrons. The minimum absolute atomic E-state index is 0.0345. The molecule has 0 radical (unpaired) electrons. The standard InChI is InChI=1S/C44H28O/c1-2-11-29(12-3-1)32-13-10-14-34(27-32)44-38-18-6-4-16-36(38)43(37-17-5-7-19-39(37)44)31-23-21-30(22-24-31)33-25-26-42-40(28-33)35-15-8-9-20-41(35)45-42/h1-28H/i1D,2D,3D,10D,11D,12D,13D,14D,21D,22D,23D,24D,27D. The van der Waals surface area contributed by atoms with Gasteiger partial charge >= 0.3 is 0 Å². The number of hydrogen-bond acceptors (Lipinski definition) is 1. The van der Waals surface area contributed by atoms with Crippen LogP contribution in [0.4, 0.5) is 0 Å². The largest absolute Gasteiger partial charge is 0.456 e. The van der Waals surface area contributed by atoms with Crippen LogP contribution in [0.3, 0.4) is 0 Å². The van der Waals surface area contributed by atoms with Crippen LogP contribution in [-0.2, 0) is 0 Å². The van der Waals surface area contributed by atoms with Crippen molar-refractivity contribution in [1.82, 2.24) is 0 Å². The second-order valence-electron chi connectivity index (χ2n) is 10.7. The number of fused-ring (bicyclic) bond motifs is 5. The van der Waals surface area contributed by atoms with Gasteiger partial charge in [-0.2, -0.15) is 0 Å². The van der Waals surface area contributed by atoms with Gasteiger partial charge in [-0.1, -0.05) is 145 Å². The first-order valence-electron chi connectivity index (χ1n) is 20.9. The molecule has 0 bridgehead atoms. The summed E-state index contributed by atoms with van der Waals surface area (Å²) < 4.78 is 122. The van der Waals surface area contributed by atoms with Crippen LogP contribution < -0.4 is 0 Å². The third kappa shape index (κ3) is 4.24. The highest BCUT2D eigenvalue weighted by atomic mass is 16.3. The molecule has 0 fully saturated rings. The Bertz CT molecular complexity index is 3160. The van der Waals surface area contributed by atoms with Crippen molar-refractivity contribution in [3.63, 3.8) is 0 Å². The molecule has 0 aliphatic heterocycles. The third-order valence-corrected chi connectivity index (χ3v) is 8.10. The van der Waals surface area contributed by atoms with Gasteiger partial charge in [-0.3, -0.25) is 0 Å². The van der Waals surface area contributed by atoms with Crippen molar-refractivity contribution in [2.45, 2.75) is 0 Å². The highest BCUT2D eigenvalue weighted by molar-refractivity contribution is 6.21. The maximum Gasteiger partial charge on any atom is 0.135 e. The molecule has 0 saturated carbocycles. The lowest BCUT2D eigenvalue weighted by Crippen LogP contribution is -1.91. The Labute approximate surface area is 279 Å². The van der Waals surface area contributed by atoms with Crippen LogP contribution in [0.15, 0.2) is 174 Å². The smallest absolute Gasteiger partial charge is 0.135 e. The minimum Gasteiger partial charge on any atom is -0.456 e. The van der Waals surface area contributed by atoms with E-state index in [2.05, 4.69) is 0 Å². The normalized spacial score (nSPS) is 15.6. The molecule has 0 aliphatic rings. The Morgan fingerprint density at radius 1 is 0.356 bits per heavy atom. The number of hydrogen-bond donors (Lipinski definition) is 0. The molecule has 1 heteroatoms. The van der Waals surface area contributed by atoms with Crippen molar-refractivity contribution in [2.24, 2.45) is 0 Å². The molecule has 0 spiro atoms. The maximum atomic E-state index is 9.50. The van der Waals surface area contributed by atoms with Gasteiger partial charge in [0.05, 0.1) is 17.8 Å². The van der Waals surface area contributed by atoms with Crippen molar-refractivity contribution in [3.05, 3.63) is 170 Å². The fourth-order valence-electron chi connectivity index (χ4n) is 6.10. The summed E-state index contributed by atoms with van der Waals surface area (Å²) in [6.07, 6.45) is 0. The van der Waals surface area contributed by atoms with Crippen molar-refractivity contribution in [1.29, 1.82) is 0 Å². The predicted octanol–water partition coefficient (Wildman–Crippen LogP) is 12.6. The summed E-state index contributed by atoms with van der Waals surface area (Å²) in [4.78, 5) is 0. The SMILES string of the molecule is [2H]c1c([2H])c([2H])c(-c2c([2H])c([2H])c([2H])c(-c3c4ccccc4c(-c4c([2H])c([2H])c(-c5ccc6oc7ccccc7c6c5)c([2H])c4[2H])c4ccccc34)c2[2H])c([2H])c1[2H]. The van der Waals surface area contributed by atoms with E-state index in [-0.39, 0.29) is 46.4 Å². The lowest BCUT2D eigenvalue weighted by molar-refractivity contribution is 0.669. The zero-order valence-corrected chi connectivity index (χ0v) is 23.6. The molecule has 0 amide bonds. The summed E-state index contributed by atoms with van der Waals surface area (Å²) in [5.41, 5.74) is 1.68. The van der Waals surface area contributed by atoms with Crippen LogP contribution in [0.5, 0.6) is 0 Å². The summed E-state index contributed by atoms with van der Waals surface area (Å²) in [6, 6.07) is 20.1. The van der Waals surface area contributed by atoms with Gasteiger partial charge in [0.1, 0.15) is 11.2 Å². The van der Waals surface area contributed by atoms with Crippen LogP contribution in [0, 0.1) is 0 Å². The average Bonchev–Trinajstić information content (AvgIpc) is 3.60. The molecule has 0 atom stereocenters. The molecule has 1 nitrogen and oxygen atoms in total. The molecular weight excluding hydrogens is 544 g/mol. The van der Waals surface area contributed by atoms with E-state index in [1.54, 1.807) is 60.7 Å². The summed E-state index contributed by atoms with van der Waals surface area (Å²) in [6.45, 7) is 0. The Kier molecular flexibility index (Phi) is 3.62. The van der Waals surface area contributed by atoms with E-state index >= 15 is 0 Å². The van der Waals surface area contributed by atoms with Crippen molar-refractivity contribution in [3.8, 4) is 44.5 Å². The molecule has 1 heterocycles. The molecule has 0 aliphatic carbocycles. The topological polar surface area (TPSA) is 13.1 Å². The van der Waals surface area contributed by atoms with Gasteiger partial charge in [-0.25, -0.2) is 0 Å². The Morgan fingerprint density at radius 2 is 0.867 bits per heavy atom. The summed E-state index contributed by atoms with van der Waals surface area (Å²) >= 11 is 0. The van der Waals surface area contributed by atoms with Crippen molar-refractivity contribution < 1.29 is 22.2 Å². The van der Waals surface area contributed by atoms with Gasteiger partial charge < -0.3 is 4.42 Å². The Hall–Kier alpha value is -5.92. The van der Waals surface area contributed by atoms with E-state index < -0.39 is 59.9 Å². The Morgan fingerprint density at radius 3 is 1.56 bits per heavy atom. The van der Waals surface area contributed by atoms with E-state index in [0.717, 1.165) is 10.8 Å². The third-order valence-electron chi connectivity index (χ3n) is 8.10. The quantitative estimate of drug-likeness (QED) is 0.187. The van der Waals surface area contributed by atoms with E-state index in [1.807, 2.05) is 30.3 Å². The second kappa shape index (κ2) is 10.4. The number of furan rings is 1. The van der Waals surface area contributed by atoms with Crippen LogP contribution >= 0.6 is 0 Å². The first-order chi connectivity index (χ1) is 27.7.